The summed E-state index contributed by atoms with van der Waals surface area (Å²) in [5.41, 5.74) is 11.4. The number of anilines is 1. The first-order chi connectivity index (χ1) is 17.9. The molecule has 9 heteroatoms. The number of aromatic nitrogens is 3. The highest BCUT2D eigenvalue weighted by atomic mass is 35.5. The number of amides is 1. The van der Waals surface area contributed by atoms with E-state index < -0.39 is 5.91 Å². The van der Waals surface area contributed by atoms with Crippen LogP contribution < -0.4 is 10.6 Å². The number of hydrogen-bond acceptors (Lipinski definition) is 5. The molecule has 0 unspecified atom stereocenters. The Bertz CT molecular complexity index is 1640. The van der Waals surface area contributed by atoms with Crippen LogP contribution in [0.5, 0.6) is 0 Å². The second-order valence-corrected chi connectivity index (χ2v) is 10.1. The van der Waals surface area contributed by atoms with Gasteiger partial charge in [-0.05, 0) is 49.0 Å². The number of rotatable bonds is 4. The average molecular weight is 531 g/mol. The first-order valence-electron chi connectivity index (χ1n) is 12.0. The SMILES string of the molecule is CN1CCN(c2ccc(-c3cnc4ccn5c(C(N)=O)c(-c6c(Cl)cccc6Cl)nc5c4c3)cc2)CC1. The zero-order valence-corrected chi connectivity index (χ0v) is 21.7. The average Bonchev–Trinajstić information content (AvgIpc) is 3.29. The number of halogens is 2. The molecule has 1 saturated heterocycles. The molecule has 6 rings (SSSR count). The predicted octanol–water partition coefficient (Wildman–Crippen LogP) is 5.37. The fraction of sp³-hybridized carbons (Fsp3) is 0.179. The molecular weight excluding hydrogens is 507 g/mol. The van der Waals surface area contributed by atoms with Gasteiger partial charge in [0, 0.05) is 60.8 Å². The lowest BCUT2D eigenvalue weighted by atomic mass is 10.1. The number of nitrogens with zero attached hydrogens (tertiary/aromatic N) is 5. The molecule has 1 amide bonds. The molecule has 3 aromatic heterocycles. The topological polar surface area (TPSA) is 79.8 Å². The molecule has 2 N–H and O–H groups in total. The Kier molecular flexibility index (Phi) is 5.99. The van der Waals surface area contributed by atoms with Crippen LogP contribution in [0, 0.1) is 0 Å². The molecule has 37 heavy (non-hydrogen) atoms. The maximum Gasteiger partial charge on any atom is 0.268 e. The molecule has 0 spiro atoms. The van der Waals surface area contributed by atoms with Gasteiger partial charge in [0.05, 0.1) is 15.6 Å². The molecule has 4 heterocycles. The molecule has 0 aliphatic carbocycles. The van der Waals surface area contributed by atoms with Crippen molar-refractivity contribution in [2.75, 3.05) is 38.1 Å². The number of benzene rings is 2. The summed E-state index contributed by atoms with van der Waals surface area (Å²) in [5.74, 6) is -0.624. The lowest BCUT2D eigenvalue weighted by molar-refractivity contribution is 0.0995. The van der Waals surface area contributed by atoms with Crippen molar-refractivity contribution in [2.24, 2.45) is 5.73 Å². The number of likely N-dealkylation sites (N-methyl/N-ethyl adjacent to an activating group) is 1. The molecule has 0 saturated carbocycles. The summed E-state index contributed by atoms with van der Waals surface area (Å²) in [7, 11) is 2.16. The van der Waals surface area contributed by atoms with E-state index in [2.05, 4.69) is 46.1 Å². The second kappa shape index (κ2) is 9.34. The van der Waals surface area contributed by atoms with Gasteiger partial charge < -0.3 is 15.5 Å². The molecule has 0 bridgehead atoms. The van der Waals surface area contributed by atoms with E-state index >= 15 is 0 Å². The van der Waals surface area contributed by atoms with Gasteiger partial charge in [0.2, 0.25) is 0 Å². The maximum atomic E-state index is 12.6. The van der Waals surface area contributed by atoms with Gasteiger partial charge in [0.25, 0.3) is 5.91 Å². The normalized spacial score (nSPS) is 14.5. The van der Waals surface area contributed by atoms with Gasteiger partial charge in [-0.1, -0.05) is 41.4 Å². The number of carbonyl (C=O) groups excluding carboxylic acids is 1. The zero-order valence-electron chi connectivity index (χ0n) is 20.2. The number of primary amides is 1. The van der Waals surface area contributed by atoms with Crippen LogP contribution in [0.15, 0.2) is 67.0 Å². The van der Waals surface area contributed by atoms with Gasteiger partial charge in [-0.2, -0.15) is 0 Å². The van der Waals surface area contributed by atoms with E-state index in [1.807, 2.05) is 18.3 Å². The molecule has 1 aliphatic heterocycles. The monoisotopic (exact) mass is 530 g/mol. The number of fused-ring (bicyclic) bond motifs is 3. The van der Waals surface area contributed by atoms with E-state index in [0.717, 1.165) is 48.2 Å². The number of nitrogens with two attached hydrogens (primary N) is 1. The number of carbonyl (C=O) groups is 1. The minimum Gasteiger partial charge on any atom is -0.369 e. The highest BCUT2D eigenvalue weighted by Gasteiger charge is 2.24. The van der Waals surface area contributed by atoms with Crippen LogP contribution >= 0.6 is 23.2 Å². The minimum absolute atomic E-state index is 0.217. The largest absolute Gasteiger partial charge is 0.369 e. The molecule has 0 radical (unpaired) electrons. The fourth-order valence-corrected chi connectivity index (χ4v) is 5.50. The van der Waals surface area contributed by atoms with Crippen LogP contribution in [-0.4, -0.2) is 58.4 Å². The van der Waals surface area contributed by atoms with Gasteiger partial charge in [0.1, 0.15) is 17.0 Å². The summed E-state index contributed by atoms with van der Waals surface area (Å²) in [5, 5.41) is 1.57. The summed E-state index contributed by atoms with van der Waals surface area (Å²) < 4.78 is 1.68. The third-order valence-corrected chi connectivity index (χ3v) is 7.58. The Morgan fingerprint density at radius 2 is 1.65 bits per heavy atom. The van der Waals surface area contributed by atoms with Crippen LogP contribution in [-0.2, 0) is 0 Å². The van der Waals surface area contributed by atoms with Crippen molar-refractivity contribution in [3.8, 4) is 22.4 Å². The van der Waals surface area contributed by atoms with Gasteiger partial charge in [-0.15, -0.1) is 0 Å². The molecule has 0 atom stereocenters. The summed E-state index contributed by atoms with van der Waals surface area (Å²) in [4.78, 5) is 26.8. The smallest absolute Gasteiger partial charge is 0.268 e. The molecular formula is C28H24Cl2N6O. The maximum absolute atomic E-state index is 12.6. The van der Waals surface area contributed by atoms with Crippen LogP contribution in [0.2, 0.25) is 10.0 Å². The molecule has 1 fully saturated rings. The van der Waals surface area contributed by atoms with Crippen molar-refractivity contribution in [1.82, 2.24) is 19.3 Å². The van der Waals surface area contributed by atoms with Crippen LogP contribution in [0.4, 0.5) is 5.69 Å². The van der Waals surface area contributed by atoms with Crippen LogP contribution in [0.1, 0.15) is 10.5 Å². The number of pyridine rings is 2. The zero-order chi connectivity index (χ0) is 25.7. The highest BCUT2D eigenvalue weighted by molar-refractivity contribution is 6.39. The summed E-state index contributed by atoms with van der Waals surface area (Å²) in [6, 6.07) is 17.6. The van der Waals surface area contributed by atoms with Crippen molar-refractivity contribution in [3.63, 3.8) is 0 Å². The Balaban J connectivity index is 1.46. The van der Waals surface area contributed by atoms with E-state index in [1.165, 1.54) is 5.69 Å². The first kappa shape index (κ1) is 23.7. The number of hydrogen-bond donors (Lipinski definition) is 1. The van der Waals surface area contributed by atoms with Crippen LogP contribution in [0.25, 0.3) is 38.9 Å². The van der Waals surface area contributed by atoms with E-state index in [9.17, 15) is 4.79 Å². The van der Waals surface area contributed by atoms with Crippen LogP contribution in [0.3, 0.4) is 0 Å². The number of imidazole rings is 1. The standard InChI is InChI=1S/C28H24Cl2N6O/c1-34-11-13-35(14-12-34)19-7-5-17(6-8-19)18-15-20-23(32-16-18)9-10-36-26(27(31)37)25(33-28(20)36)24-21(29)3-2-4-22(24)30/h2-10,15-16H,11-14H2,1H3,(H2,31,37). The van der Waals surface area contributed by atoms with Crippen molar-refractivity contribution < 1.29 is 4.79 Å². The Morgan fingerprint density at radius 3 is 2.32 bits per heavy atom. The molecule has 1 aliphatic rings. The third kappa shape index (κ3) is 4.19. The van der Waals surface area contributed by atoms with Gasteiger partial charge in [0.15, 0.2) is 0 Å². The highest BCUT2D eigenvalue weighted by Crippen LogP contribution is 2.37. The molecule has 7 nitrogen and oxygen atoms in total. The molecule has 2 aromatic carbocycles. The summed E-state index contributed by atoms with van der Waals surface area (Å²) >= 11 is 12.9. The van der Waals surface area contributed by atoms with E-state index in [4.69, 9.17) is 33.9 Å². The van der Waals surface area contributed by atoms with Gasteiger partial charge in [-0.25, -0.2) is 4.98 Å². The van der Waals surface area contributed by atoms with Gasteiger partial charge >= 0.3 is 0 Å². The third-order valence-electron chi connectivity index (χ3n) is 6.95. The Labute approximate surface area is 224 Å². The molecule has 5 aromatic rings. The quantitative estimate of drug-likeness (QED) is 0.337. The lowest BCUT2D eigenvalue weighted by Gasteiger charge is -2.34. The number of piperazine rings is 1. The van der Waals surface area contributed by atoms with E-state index in [0.29, 0.717) is 26.9 Å². The second-order valence-electron chi connectivity index (χ2n) is 9.27. The molecule has 186 valence electrons. The summed E-state index contributed by atoms with van der Waals surface area (Å²) in [6.07, 6.45) is 3.60. The van der Waals surface area contributed by atoms with E-state index in [-0.39, 0.29) is 5.69 Å². The van der Waals surface area contributed by atoms with Crippen molar-refractivity contribution in [1.29, 1.82) is 0 Å². The predicted molar refractivity (Wildman–Crippen MR) is 150 cm³/mol. The summed E-state index contributed by atoms with van der Waals surface area (Å²) in [6.45, 7) is 4.16. The lowest BCUT2D eigenvalue weighted by Crippen LogP contribution is -2.44. The van der Waals surface area contributed by atoms with Crippen molar-refractivity contribution >= 4 is 51.3 Å². The Hall–Kier alpha value is -3.65. The van der Waals surface area contributed by atoms with Gasteiger partial charge in [-0.3, -0.25) is 14.2 Å². The fourth-order valence-electron chi connectivity index (χ4n) is 4.92. The van der Waals surface area contributed by atoms with Crippen molar-refractivity contribution in [3.05, 3.63) is 82.7 Å². The van der Waals surface area contributed by atoms with E-state index in [1.54, 1.807) is 28.8 Å². The first-order valence-corrected chi connectivity index (χ1v) is 12.8. The van der Waals surface area contributed by atoms with Crippen molar-refractivity contribution in [2.45, 2.75) is 0 Å². The minimum atomic E-state index is -0.624. The Morgan fingerprint density at radius 1 is 0.946 bits per heavy atom.